The van der Waals surface area contributed by atoms with E-state index in [1.165, 1.54) is 0 Å². The van der Waals surface area contributed by atoms with Crippen LogP contribution < -0.4 is 11.1 Å². The second kappa shape index (κ2) is 6.72. The van der Waals surface area contributed by atoms with Crippen molar-refractivity contribution in [1.82, 2.24) is 10.2 Å². The van der Waals surface area contributed by atoms with Crippen LogP contribution in [0.25, 0.3) is 0 Å². The molecule has 0 aliphatic carbocycles. The molecule has 0 aromatic rings. The van der Waals surface area contributed by atoms with Crippen molar-refractivity contribution in [3.63, 3.8) is 0 Å². The number of likely N-dealkylation sites (N-methyl/N-ethyl adjacent to an activating group) is 1. The highest BCUT2D eigenvalue weighted by molar-refractivity contribution is 5.86. The maximum absolute atomic E-state index is 11.7. The summed E-state index contributed by atoms with van der Waals surface area (Å²) >= 11 is 0. The summed E-state index contributed by atoms with van der Waals surface area (Å²) in [5, 5.41) is 11.3. The van der Waals surface area contributed by atoms with Crippen molar-refractivity contribution in [1.29, 1.82) is 0 Å². The van der Waals surface area contributed by atoms with E-state index in [1.807, 2.05) is 0 Å². The van der Waals surface area contributed by atoms with Gasteiger partial charge in [0.05, 0.1) is 0 Å². The number of aliphatic carboxylic acids is 1. The van der Waals surface area contributed by atoms with Gasteiger partial charge in [0.25, 0.3) is 0 Å². The third kappa shape index (κ3) is 5.19. The summed E-state index contributed by atoms with van der Waals surface area (Å²) in [6.45, 7) is 5.09. The highest BCUT2D eigenvalue weighted by atomic mass is 16.4. The molecule has 0 aromatic carbocycles. The number of primary amides is 1. The number of amides is 3. The summed E-state index contributed by atoms with van der Waals surface area (Å²) in [5.74, 6) is -1.99. The van der Waals surface area contributed by atoms with Crippen LogP contribution in [0.2, 0.25) is 0 Å². The lowest BCUT2D eigenvalue weighted by molar-refractivity contribution is -0.140. The molecule has 1 atom stereocenters. The molecule has 0 aromatic heterocycles. The van der Waals surface area contributed by atoms with Gasteiger partial charge in [-0.05, 0) is 12.8 Å². The lowest BCUT2D eigenvalue weighted by Crippen LogP contribution is -2.51. The highest BCUT2D eigenvalue weighted by Gasteiger charge is 2.25. The van der Waals surface area contributed by atoms with E-state index in [0.29, 0.717) is 0 Å². The molecule has 0 aliphatic rings. The van der Waals surface area contributed by atoms with Gasteiger partial charge >= 0.3 is 12.0 Å². The fourth-order valence-corrected chi connectivity index (χ4v) is 1.25. The first-order valence-corrected chi connectivity index (χ1v) is 5.36. The number of carboxylic acid groups (broad SMARTS) is 1. The van der Waals surface area contributed by atoms with E-state index in [0.717, 1.165) is 4.90 Å². The van der Waals surface area contributed by atoms with Crippen LogP contribution in [0.5, 0.6) is 0 Å². The number of carboxylic acids is 1. The number of urea groups is 1. The Kier molecular flexibility index (Phi) is 6.01. The predicted octanol–water partition coefficient (Wildman–Crippen LogP) is -0.388. The van der Waals surface area contributed by atoms with Crippen molar-refractivity contribution >= 4 is 17.9 Å². The van der Waals surface area contributed by atoms with E-state index in [9.17, 15) is 14.4 Å². The fourth-order valence-electron chi connectivity index (χ4n) is 1.25. The molecule has 7 heteroatoms. The van der Waals surface area contributed by atoms with Crippen molar-refractivity contribution in [2.45, 2.75) is 26.8 Å². The van der Waals surface area contributed by atoms with Crippen LogP contribution in [0.3, 0.4) is 0 Å². The Hall–Kier alpha value is -1.79. The molecule has 0 spiro atoms. The average molecular weight is 245 g/mol. The predicted molar refractivity (Wildman–Crippen MR) is 61.2 cm³/mol. The Morgan fingerprint density at radius 2 is 1.88 bits per heavy atom. The zero-order chi connectivity index (χ0) is 13.6. The molecule has 0 bridgehead atoms. The van der Waals surface area contributed by atoms with Gasteiger partial charge in [-0.1, -0.05) is 13.8 Å². The molecule has 3 amide bonds. The van der Waals surface area contributed by atoms with Crippen LogP contribution in [0.15, 0.2) is 0 Å². The third-order valence-electron chi connectivity index (χ3n) is 2.23. The summed E-state index contributed by atoms with van der Waals surface area (Å²) < 4.78 is 0. The van der Waals surface area contributed by atoms with Crippen LogP contribution in [-0.2, 0) is 9.59 Å². The lowest BCUT2D eigenvalue weighted by atomic mass is 10.1. The van der Waals surface area contributed by atoms with Crippen molar-refractivity contribution in [2.75, 3.05) is 13.1 Å². The fraction of sp³-hybridized carbons (Fsp3) is 0.700. The van der Waals surface area contributed by atoms with Gasteiger partial charge < -0.3 is 21.1 Å². The number of nitrogens with one attached hydrogen (secondary N) is 1. The first-order chi connectivity index (χ1) is 7.79. The van der Waals surface area contributed by atoms with E-state index < -0.39 is 23.9 Å². The van der Waals surface area contributed by atoms with E-state index in [-0.39, 0.29) is 19.0 Å². The molecular formula is C10H19N3O4. The summed E-state index contributed by atoms with van der Waals surface area (Å²) in [4.78, 5) is 34.4. The van der Waals surface area contributed by atoms with E-state index in [2.05, 4.69) is 5.32 Å². The summed E-state index contributed by atoms with van der Waals surface area (Å²) in [6.07, 6.45) is 0. The Labute approximate surface area is 100.0 Å². The number of nitrogens with two attached hydrogens (primary N) is 1. The summed E-state index contributed by atoms with van der Waals surface area (Å²) in [7, 11) is 0. The maximum atomic E-state index is 11.7. The topological polar surface area (TPSA) is 113 Å². The molecule has 7 nitrogen and oxygen atoms in total. The zero-order valence-electron chi connectivity index (χ0n) is 10.3. The van der Waals surface area contributed by atoms with Gasteiger partial charge in [0.2, 0.25) is 5.91 Å². The number of hydrogen-bond donors (Lipinski definition) is 3. The van der Waals surface area contributed by atoms with Crippen molar-refractivity contribution < 1.29 is 19.5 Å². The minimum absolute atomic E-state index is 0.229. The van der Waals surface area contributed by atoms with Crippen LogP contribution in [-0.4, -0.2) is 47.0 Å². The third-order valence-corrected chi connectivity index (χ3v) is 2.23. The van der Waals surface area contributed by atoms with Crippen molar-refractivity contribution in [3.05, 3.63) is 0 Å². The molecule has 0 fully saturated rings. The van der Waals surface area contributed by atoms with E-state index >= 15 is 0 Å². The van der Waals surface area contributed by atoms with Gasteiger partial charge in [-0.15, -0.1) is 0 Å². The van der Waals surface area contributed by atoms with Crippen LogP contribution in [0, 0.1) is 5.92 Å². The summed E-state index contributed by atoms with van der Waals surface area (Å²) in [6, 6.07) is -1.59. The minimum atomic E-state index is -1.11. The maximum Gasteiger partial charge on any atom is 0.326 e. The molecule has 0 saturated heterocycles. The second-order valence-electron chi connectivity index (χ2n) is 3.99. The smallest absolute Gasteiger partial charge is 0.326 e. The van der Waals surface area contributed by atoms with Crippen molar-refractivity contribution in [2.24, 2.45) is 11.7 Å². The van der Waals surface area contributed by atoms with E-state index in [1.54, 1.807) is 20.8 Å². The quantitative estimate of drug-likeness (QED) is 0.591. The summed E-state index contributed by atoms with van der Waals surface area (Å²) in [5.41, 5.74) is 4.98. The van der Waals surface area contributed by atoms with Gasteiger partial charge in [-0.2, -0.15) is 0 Å². The molecule has 0 saturated carbocycles. The number of rotatable bonds is 6. The van der Waals surface area contributed by atoms with Gasteiger partial charge in [-0.3, -0.25) is 4.79 Å². The molecule has 4 N–H and O–H groups in total. The first-order valence-electron chi connectivity index (χ1n) is 5.36. The molecule has 0 unspecified atom stereocenters. The number of carbonyl (C=O) groups excluding carboxylic acids is 2. The molecule has 17 heavy (non-hydrogen) atoms. The Bertz CT molecular complexity index is 304. The monoisotopic (exact) mass is 245 g/mol. The molecule has 0 radical (unpaired) electrons. The van der Waals surface area contributed by atoms with Crippen LogP contribution >= 0.6 is 0 Å². The van der Waals surface area contributed by atoms with Crippen LogP contribution in [0.4, 0.5) is 4.79 Å². The number of hydrogen-bond acceptors (Lipinski definition) is 3. The van der Waals surface area contributed by atoms with Gasteiger partial charge in [0.1, 0.15) is 12.6 Å². The zero-order valence-corrected chi connectivity index (χ0v) is 10.3. The molecular weight excluding hydrogens is 226 g/mol. The molecule has 98 valence electrons. The van der Waals surface area contributed by atoms with E-state index in [4.69, 9.17) is 10.8 Å². The van der Waals surface area contributed by atoms with Crippen molar-refractivity contribution in [3.8, 4) is 0 Å². The Morgan fingerprint density at radius 1 is 1.35 bits per heavy atom. The second-order valence-corrected chi connectivity index (χ2v) is 3.99. The minimum Gasteiger partial charge on any atom is -0.480 e. The first kappa shape index (κ1) is 15.2. The Balaban J connectivity index is 4.57. The Morgan fingerprint density at radius 3 is 2.18 bits per heavy atom. The average Bonchev–Trinajstić information content (AvgIpc) is 2.20. The van der Waals surface area contributed by atoms with Gasteiger partial charge in [-0.25, -0.2) is 9.59 Å². The molecule has 0 aliphatic heterocycles. The van der Waals surface area contributed by atoms with Gasteiger partial charge in [0.15, 0.2) is 0 Å². The standard InChI is InChI=1S/C10H19N3O4/c1-4-13(5-7(11)14)10(17)12-8(6(2)3)9(15)16/h6,8H,4-5H2,1-3H3,(H2,11,14)(H,12,17)(H,15,16)/t8-/m1/s1. The number of nitrogens with zero attached hydrogens (tertiary/aromatic N) is 1. The molecule has 0 heterocycles. The number of carbonyl (C=O) groups is 3. The largest absolute Gasteiger partial charge is 0.480 e. The lowest BCUT2D eigenvalue weighted by Gasteiger charge is -2.24. The van der Waals surface area contributed by atoms with Gasteiger partial charge in [0, 0.05) is 6.54 Å². The normalized spacial score (nSPS) is 12.0. The van der Waals surface area contributed by atoms with Crippen LogP contribution in [0.1, 0.15) is 20.8 Å². The highest BCUT2D eigenvalue weighted by Crippen LogP contribution is 2.02. The molecule has 0 rings (SSSR count). The SMILES string of the molecule is CCN(CC(N)=O)C(=O)N[C@@H](C(=O)O)C(C)C.